The van der Waals surface area contributed by atoms with Crippen molar-refractivity contribution in [2.24, 2.45) is 7.05 Å². The zero-order valence-electron chi connectivity index (χ0n) is 19.6. The Morgan fingerprint density at radius 1 is 0.861 bits per heavy atom. The molecule has 0 aliphatic carbocycles. The van der Waals surface area contributed by atoms with Crippen molar-refractivity contribution in [3.8, 4) is 0 Å². The first-order valence-electron chi connectivity index (χ1n) is 11.0. The molecule has 3 heterocycles. The molecule has 0 spiro atoms. The van der Waals surface area contributed by atoms with Gasteiger partial charge in [-0.25, -0.2) is 9.67 Å². The van der Waals surface area contributed by atoms with Crippen molar-refractivity contribution in [1.82, 2.24) is 35.0 Å². The molecule has 0 N–H and O–H groups in total. The third-order valence-corrected chi connectivity index (χ3v) is 5.53. The van der Waals surface area contributed by atoms with E-state index < -0.39 is 23.5 Å². The van der Waals surface area contributed by atoms with Crippen LogP contribution < -0.4 is 4.90 Å². The largest absolute Gasteiger partial charge is 0.416 e. The second-order valence-corrected chi connectivity index (χ2v) is 8.18. The van der Waals surface area contributed by atoms with Crippen LogP contribution >= 0.6 is 0 Å². The summed E-state index contributed by atoms with van der Waals surface area (Å²) in [5, 5.41) is 17.1. The minimum atomic E-state index is -4.95. The van der Waals surface area contributed by atoms with Crippen molar-refractivity contribution in [1.29, 1.82) is 0 Å². The van der Waals surface area contributed by atoms with Gasteiger partial charge in [0.2, 0.25) is 0 Å². The highest BCUT2D eigenvalue weighted by molar-refractivity contribution is 5.79. The first kappa shape index (κ1) is 25.4. The van der Waals surface area contributed by atoms with Gasteiger partial charge in [-0.05, 0) is 54.0 Å². The van der Waals surface area contributed by atoms with Crippen LogP contribution in [0.4, 0.5) is 32.3 Å². The fourth-order valence-electron chi connectivity index (χ4n) is 3.88. The zero-order chi connectivity index (χ0) is 26.3. The van der Waals surface area contributed by atoms with E-state index in [9.17, 15) is 26.3 Å². The Morgan fingerprint density at radius 3 is 2.03 bits per heavy atom. The van der Waals surface area contributed by atoms with Crippen molar-refractivity contribution in [2.45, 2.75) is 52.3 Å². The van der Waals surface area contributed by atoms with Crippen LogP contribution in [0.15, 0.2) is 30.5 Å². The van der Waals surface area contributed by atoms with Gasteiger partial charge in [-0.15, -0.1) is 5.10 Å². The monoisotopic (exact) mass is 512 g/mol. The van der Waals surface area contributed by atoms with Gasteiger partial charge in [0.05, 0.1) is 23.9 Å². The van der Waals surface area contributed by atoms with Gasteiger partial charge in [0.25, 0.3) is 5.95 Å². The van der Waals surface area contributed by atoms with Gasteiger partial charge < -0.3 is 4.90 Å². The summed E-state index contributed by atoms with van der Waals surface area (Å²) in [7, 11) is 1.50. The first-order valence-corrected chi connectivity index (χ1v) is 11.0. The van der Waals surface area contributed by atoms with E-state index >= 15 is 0 Å². The number of alkyl halides is 6. The Hall–Kier alpha value is -3.71. The number of pyridine rings is 1. The molecule has 0 aliphatic rings. The lowest BCUT2D eigenvalue weighted by Gasteiger charge is -2.22. The van der Waals surface area contributed by atoms with Crippen LogP contribution in [0.1, 0.15) is 41.8 Å². The van der Waals surface area contributed by atoms with E-state index in [0.717, 1.165) is 15.9 Å². The van der Waals surface area contributed by atoms with Gasteiger partial charge in [0.1, 0.15) is 0 Å². The van der Waals surface area contributed by atoms with E-state index in [1.54, 1.807) is 10.9 Å². The van der Waals surface area contributed by atoms with E-state index in [4.69, 9.17) is 0 Å². The van der Waals surface area contributed by atoms with Crippen LogP contribution in [0.25, 0.3) is 11.0 Å². The molecule has 0 amide bonds. The Kier molecular flexibility index (Phi) is 6.62. The predicted octanol–water partition coefficient (Wildman–Crippen LogP) is 4.78. The van der Waals surface area contributed by atoms with Crippen LogP contribution in [0.5, 0.6) is 0 Å². The number of hydrogen-bond donors (Lipinski definition) is 0. The molecule has 36 heavy (non-hydrogen) atoms. The van der Waals surface area contributed by atoms with E-state index in [2.05, 4.69) is 25.5 Å². The molecular formula is C22H22F6N8. The molecule has 1 aromatic carbocycles. The molecule has 0 saturated carbocycles. The second-order valence-electron chi connectivity index (χ2n) is 8.18. The number of nitrogens with zero attached hydrogens (tertiary/aromatic N) is 8. The second kappa shape index (κ2) is 9.39. The number of hydrogen-bond acceptors (Lipinski definition) is 6. The SMILES string of the molecule is CCc1nn(CC)c2ncc(CN(Cc3cc(C(F)(F)F)cc(C(F)(F)F)c3)c3nnn(C)n3)cc12. The lowest BCUT2D eigenvalue weighted by atomic mass is 10.0. The molecule has 4 rings (SSSR count). The van der Waals surface area contributed by atoms with Gasteiger partial charge >= 0.3 is 12.4 Å². The molecule has 0 atom stereocenters. The number of rotatable bonds is 7. The molecule has 0 bridgehead atoms. The topological polar surface area (TPSA) is 77.5 Å². The summed E-state index contributed by atoms with van der Waals surface area (Å²) in [6.45, 7) is 4.25. The summed E-state index contributed by atoms with van der Waals surface area (Å²) in [5.41, 5.74) is -0.799. The predicted molar refractivity (Wildman–Crippen MR) is 118 cm³/mol. The van der Waals surface area contributed by atoms with Crippen molar-refractivity contribution in [3.05, 3.63) is 58.4 Å². The number of aromatic nitrogens is 7. The van der Waals surface area contributed by atoms with Crippen molar-refractivity contribution >= 4 is 17.0 Å². The van der Waals surface area contributed by atoms with E-state index in [1.807, 2.05) is 19.9 Å². The molecule has 0 aliphatic heterocycles. The fourth-order valence-corrected chi connectivity index (χ4v) is 3.88. The van der Waals surface area contributed by atoms with Crippen molar-refractivity contribution in [3.63, 3.8) is 0 Å². The summed E-state index contributed by atoms with van der Waals surface area (Å²) in [6.07, 6.45) is -7.64. The third kappa shape index (κ3) is 5.26. The van der Waals surface area contributed by atoms with Crippen molar-refractivity contribution < 1.29 is 26.3 Å². The molecule has 0 unspecified atom stereocenters. The number of aryl methyl sites for hydroxylation is 3. The summed E-state index contributed by atoms with van der Waals surface area (Å²) in [5.74, 6) is 0.0449. The van der Waals surface area contributed by atoms with Crippen molar-refractivity contribution in [2.75, 3.05) is 4.90 Å². The lowest BCUT2D eigenvalue weighted by molar-refractivity contribution is -0.143. The highest BCUT2D eigenvalue weighted by Gasteiger charge is 2.37. The smallest absolute Gasteiger partial charge is 0.329 e. The van der Waals surface area contributed by atoms with Crippen LogP contribution in [-0.2, 0) is 45.5 Å². The summed E-state index contributed by atoms with van der Waals surface area (Å²) in [4.78, 5) is 7.08. The minimum absolute atomic E-state index is 0.0449. The molecule has 192 valence electrons. The summed E-state index contributed by atoms with van der Waals surface area (Å²) >= 11 is 0. The average molecular weight is 512 g/mol. The minimum Gasteiger partial charge on any atom is -0.329 e. The van der Waals surface area contributed by atoms with E-state index in [0.29, 0.717) is 36.3 Å². The fraction of sp³-hybridized carbons (Fsp3) is 0.409. The van der Waals surface area contributed by atoms with Crippen LogP contribution in [0, 0.1) is 0 Å². The maximum absolute atomic E-state index is 13.4. The van der Waals surface area contributed by atoms with Gasteiger partial charge in [-0.1, -0.05) is 12.0 Å². The van der Waals surface area contributed by atoms with Gasteiger partial charge in [0.15, 0.2) is 5.65 Å². The van der Waals surface area contributed by atoms with Crippen LogP contribution in [-0.4, -0.2) is 35.0 Å². The summed E-state index contributed by atoms with van der Waals surface area (Å²) < 4.78 is 81.9. The highest BCUT2D eigenvalue weighted by atomic mass is 19.4. The van der Waals surface area contributed by atoms with Gasteiger partial charge in [-0.2, -0.15) is 36.2 Å². The highest BCUT2D eigenvalue weighted by Crippen LogP contribution is 2.36. The van der Waals surface area contributed by atoms with E-state index in [-0.39, 0.29) is 30.7 Å². The number of benzene rings is 1. The molecular weight excluding hydrogens is 490 g/mol. The lowest BCUT2D eigenvalue weighted by Crippen LogP contribution is -2.24. The Labute approximate surface area is 201 Å². The third-order valence-electron chi connectivity index (χ3n) is 5.53. The number of halogens is 6. The van der Waals surface area contributed by atoms with Crippen LogP contribution in [0.3, 0.4) is 0 Å². The van der Waals surface area contributed by atoms with Crippen LogP contribution in [0.2, 0.25) is 0 Å². The molecule has 0 fully saturated rings. The standard InChI is InChI=1S/C22H22F6N8/c1-4-18-17-8-14(10-29-19(17)36(5-2)31-18)12-35(20-30-33-34(3)32-20)11-13-6-15(21(23,24)25)9-16(7-13)22(26,27)28/h6-10H,4-5,11-12H2,1-3H3. The normalized spacial score (nSPS) is 12.5. The van der Waals surface area contributed by atoms with Gasteiger partial charge in [-0.3, -0.25) is 0 Å². The Bertz CT molecular complexity index is 1340. The molecule has 0 radical (unpaired) electrons. The number of tetrazole rings is 1. The maximum Gasteiger partial charge on any atom is 0.416 e. The molecule has 8 nitrogen and oxygen atoms in total. The Balaban J connectivity index is 1.74. The first-order chi connectivity index (χ1) is 16.9. The van der Waals surface area contributed by atoms with E-state index in [1.165, 1.54) is 11.9 Å². The molecule has 4 aromatic rings. The molecule has 3 aromatic heterocycles. The Morgan fingerprint density at radius 2 is 1.50 bits per heavy atom. The molecule has 14 heteroatoms. The average Bonchev–Trinajstić information content (AvgIpc) is 3.40. The summed E-state index contributed by atoms with van der Waals surface area (Å²) in [6, 6.07) is 3.35. The quantitative estimate of drug-likeness (QED) is 0.332. The number of fused-ring (bicyclic) bond motifs is 1. The number of anilines is 1. The van der Waals surface area contributed by atoms with Gasteiger partial charge in [0, 0.05) is 31.2 Å². The zero-order valence-corrected chi connectivity index (χ0v) is 19.6. The maximum atomic E-state index is 13.4. The molecule has 0 saturated heterocycles.